The lowest BCUT2D eigenvalue weighted by atomic mass is 10.1. The first-order valence-electron chi connectivity index (χ1n) is 8.83. The Labute approximate surface area is 159 Å². The molecule has 0 saturated carbocycles. The van der Waals surface area contributed by atoms with Crippen LogP contribution in [0.2, 0.25) is 0 Å². The van der Waals surface area contributed by atoms with Gasteiger partial charge in [0, 0.05) is 31.9 Å². The summed E-state index contributed by atoms with van der Waals surface area (Å²) in [7, 11) is -3.77. The molecule has 8 heteroatoms. The van der Waals surface area contributed by atoms with Gasteiger partial charge in [-0.1, -0.05) is 25.1 Å². The topological polar surface area (TPSA) is 90.0 Å². The van der Waals surface area contributed by atoms with Crippen LogP contribution in [0.15, 0.2) is 53.4 Å². The smallest absolute Gasteiger partial charge is 0.337 e. The zero-order valence-corrected chi connectivity index (χ0v) is 15.9. The van der Waals surface area contributed by atoms with Gasteiger partial charge in [0.25, 0.3) is 10.0 Å². The van der Waals surface area contributed by atoms with Crippen molar-refractivity contribution in [3.63, 3.8) is 0 Å². The lowest BCUT2D eigenvalue weighted by Crippen LogP contribution is -2.46. The summed E-state index contributed by atoms with van der Waals surface area (Å²) in [5.41, 5.74) is 0.932. The molecule has 1 fully saturated rings. The summed E-state index contributed by atoms with van der Waals surface area (Å²) >= 11 is 0. The fourth-order valence-electron chi connectivity index (χ4n) is 3.17. The van der Waals surface area contributed by atoms with Gasteiger partial charge < -0.3 is 14.9 Å². The average Bonchev–Trinajstić information content (AvgIpc) is 2.68. The van der Waals surface area contributed by atoms with Crippen LogP contribution in [0.1, 0.15) is 17.3 Å². The van der Waals surface area contributed by atoms with Crippen LogP contribution in [-0.2, 0) is 10.0 Å². The molecule has 7 nitrogen and oxygen atoms in total. The van der Waals surface area contributed by atoms with Gasteiger partial charge >= 0.3 is 5.97 Å². The van der Waals surface area contributed by atoms with E-state index >= 15 is 0 Å². The van der Waals surface area contributed by atoms with Crippen LogP contribution in [0, 0.1) is 0 Å². The van der Waals surface area contributed by atoms with Gasteiger partial charge in [-0.05, 0) is 36.9 Å². The summed E-state index contributed by atoms with van der Waals surface area (Å²) in [4.78, 5) is 16.2. The van der Waals surface area contributed by atoms with Crippen LogP contribution in [-0.4, -0.2) is 57.1 Å². The Balaban J connectivity index is 1.85. The number of rotatable bonds is 6. The predicted octanol–water partition coefficient (Wildman–Crippen LogP) is 2.33. The highest BCUT2D eigenvalue weighted by molar-refractivity contribution is 7.92. The van der Waals surface area contributed by atoms with Crippen LogP contribution in [0.3, 0.4) is 0 Å². The SMILES string of the molecule is CCN1CCN(c2ccc(NS(=O)(=O)c3ccccc3)cc2C(=O)O)CC1. The van der Waals surface area contributed by atoms with Gasteiger partial charge in [-0.15, -0.1) is 0 Å². The number of hydrogen-bond donors (Lipinski definition) is 2. The minimum atomic E-state index is -3.77. The number of benzene rings is 2. The molecule has 0 spiro atoms. The number of carbonyl (C=O) groups is 1. The number of anilines is 2. The molecule has 144 valence electrons. The molecule has 0 amide bonds. The summed E-state index contributed by atoms with van der Waals surface area (Å²) in [5, 5.41) is 9.62. The molecule has 27 heavy (non-hydrogen) atoms. The third kappa shape index (κ3) is 4.40. The molecule has 0 aromatic heterocycles. The van der Waals surface area contributed by atoms with E-state index in [9.17, 15) is 18.3 Å². The lowest BCUT2D eigenvalue weighted by Gasteiger charge is -2.36. The molecule has 0 aliphatic carbocycles. The van der Waals surface area contributed by atoms with Gasteiger partial charge in [-0.25, -0.2) is 13.2 Å². The second-order valence-corrected chi connectivity index (χ2v) is 8.06. The van der Waals surface area contributed by atoms with E-state index in [1.807, 2.05) is 4.90 Å². The Bertz CT molecular complexity index is 908. The van der Waals surface area contributed by atoms with Gasteiger partial charge in [0.05, 0.1) is 16.1 Å². The summed E-state index contributed by atoms with van der Waals surface area (Å²) in [6, 6.07) is 12.6. The number of nitrogens with one attached hydrogen (secondary N) is 1. The third-order valence-electron chi connectivity index (χ3n) is 4.69. The number of aromatic carboxylic acids is 1. The number of sulfonamides is 1. The minimum absolute atomic E-state index is 0.0909. The number of likely N-dealkylation sites (N-methyl/N-ethyl adjacent to an activating group) is 1. The van der Waals surface area contributed by atoms with E-state index in [2.05, 4.69) is 16.5 Å². The van der Waals surface area contributed by atoms with Crippen molar-refractivity contribution in [2.45, 2.75) is 11.8 Å². The highest BCUT2D eigenvalue weighted by atomic mass is 32.2. The largest absolute Gasteiger partial charge is 0.478 e. The second-order valence-electron chi connectivity index (χ2n) is 6.38. The highest BCUT2D eigenvalue weighted by Gasteiger charge is 2.22. The Morgan fingerprint density at radius 1 is 1.07 bits per heavy atom. The fraction of sp³-hybridized carbons (Fsp3) is 0.316. The molecule has 1 aliphatic heterocycles. The number of hydrogen-bond acceptors (Lipinski definition) is 5. The standard InChI is InChI=1S/C19H23N3O4S/c1-2-21-10-12-22(13-11-21)18-9-8-15(14-17(18)19(23)24)20-27(25,26)16-6-4-3-5-7-16/h3-9,14,20H,2,10-13H2,1H3,(H,23,24). The monoisotopic (exact) mass is 389 g/mol. The van der Waals surface area contributed by atoms with Crippen LogP contribution < -0.4 is 9.62 Å². The van der Waals surface area contributed by atoms with Gasteiger partial charge in [0.15, 0.2) is 0 Å². The Kier molecular flexibility index (Phi) is 5.67. The van der Waals surface area contributed by atoms with Crippen LogP contribution in [0.4, 0.5) is 11.4 Å². The molecule has 0 radical (unpaired) electrons. The Hall–Kier alpha value is -2.58. The number of piperazine rings is 1. The first-order valence-corrected chi connectivity index (χ1v) is 10.3. The van der Waals surface area contributed by atoms with Crippen molar-refractivity contribution in [3.8, 4) is 0 Å². The van der Waals surface area contributed by atoms with Gasteiger partial charge in [0.2, 0.25) is 0 Å². The zero-order chi connectivity index (χ0) is 19.4. The van der Waals surface area contributed by atoms with Crippen LogP contribution >= 0.6 is 0 Å². The van der Waals surface area contributed by atoms with Crippen molar-refractivity contribution >= 4 is 27.4 Å². The molecule has 0 bridgehead atoms. The van der Waals surface area contributed by atoms with Gasteiger partial charge in [-0.2, -0.15) is 0 Å². The number of carboxylic acid groups (broad SMARTS) is 1. The predicted molar refractivity (Wildman–Crippen MR) is 105 cm³/mol. The van der Waals surface area contributed by atoms with E-state index in [4.69, 9.17) is 0 Å². The second kappa shape index (κ2) is 7.98. The third-order valence-corrected chi connectivity index (χ3v) is 6.09. The van der Waals surface area contributed by atoms with E-state index in [1.54, 1.807) is 30.3 Å². The van der Waals surface area contributed by atoms with Crippen molar-refractivity contribution in [2.75, 3.05) is 42.3 Å². The summed E-state index contributed by atoms with van der Waals surface area (Å²) in [5.74, 6) is -1.08. The highest BCUT2D eigenvalue weighted by Crippen LogP contribution is 2.27. The Morgan fingerprint density at radius 3 is 2.33 bits per heavy atom. The van der Waals surface area contributed by atoms with E-state index < -0.39 is 16.0 Å². The van der Waals surface area contributed by atoms with Crippen LogP contribution in [0.25, 0.3) is 0 Å². The minimum Gasteiger partial charge on any atom is -0.478 e. The van der Waals surface area contributed by atoms with Crippen molar-refractivity contribution in [1.82, 2.24) is 4.90 Å². The van der Waals surface area contributed by atoms with Gasteiger partial charge in [0.1, 0.15) is 0 Å². The normalized spacial score (nSPS) is 15.5. The first kappa shape index (κ1) is 19.2. The molecule has 2 N–H and O–H groups in total. The molecule has 2 aromatic carbocycles. The van der Waals surface area contributed by atoms with Crippen molar-refractivity contribution in [1.29, 1.82) is 0 Å². The molecule has 1 saturated heterocycles. The molecular weight excluding hydrogens is 366 g/mol. The van der Waals surface area contributed by atoms with Crippen molar-refractivity contribution < 1.29 is 18.3 Å². The molecule has 3 rings (SSSR count). The first-order chi connectivity index (χ1) is 12.9. The maximum Gasteiger partial charge on any atom is 0.337 e. The maximum absolute atomic E-state index is 12.5. The number of nitrogens with zero attached hydrogens (tertiary/aromatic N) is 2. The quantitative estimate of drug-likeness (QED) is 0.788. The lowest BCUT2D eigenvalue weighted by molar-refractivity contribution is 0.0697. The number of carboxylic acids is 1. The summed E-state index contributed by atoms with van der Waals surface area (Å²) in [6.07, 6.45) is 0. The van der Waals surface area contributed by atoms with E-state index in [0.29, 0.717) is 5.69 Å². The maximum atomic E-state index is 12.5. The zero-order valence-electron chi connectivity index (χ0n) is 15.1. The van der Waals surface area contributed by atoms with E-state index in [-0.39, 0.29) is 16.1 Å². The molecular formula is C19H23N3O4S. The molecule has 2 aromatic rings. The molecule has 0 unspecified atom stereocenters. The van der Waals surface area contributed by atoms with E-state index in [0.717, 1.165) is 32.7 Å². The molecule has 0 atom stereocenters. The summed E-state index contributed by atoms with van der Waals surface area (Å²) < 4.78 is 27.4. The van der Waals surface area contributed by atoms with Gasteiger partial charge in [-0.3, -0.25) is 4.72 Å². The molecule has 1 heterocycles. The van der Waals surface area contributed by atoms with E-state index in [1.165, 1.54) is 18.2 Å². The Morgan fingerprint density at radius 2 is 1.74 bits per heavy atom. The fourth-order valence-corrected chi connectivity index (χ4v) is 4.24. The average molecular weight is 389 g/mol. The van der Waals surface area contributed by atoms with Crippen molar-refractivity contribution in [2.24, 2.45) is 0 Å². The molecule has 1 aliphatic rings. The van der Waals surface area contributed by atoms with Crippen LogP contribution in [0.5, 0.6) is 0 Å². The summed E-state index contributed by atoms with van der Waals surface area (Å²) in [6.45, 7) is 6.30. The van der Waals surface area contributed by atoms with Crippen molar-refractivity contribution in [3.05, 3.63) is 54.1 Å².